The van der Waals surface area contributed by atoms with Crippen LogP contribution in [0.15, 0.2) is 42.5 Å². The summed E-state index contributed by atoms with van der Waals surface area (Å²) in [7, 11) is 0. The van der Waals surface area contributed by atoms with Crippen LogP contribution in [-0.2, 0) is 0 Å². The Hall–Kier alpha value is -1.27. The summed E-state index contributed by atoms with van der Waals surface area (Å²) >= 11 is 8.27. The number of urea groups is 1. The Morgan fingerprint density at radius 2 is 1.79 bits per heavy atom. The van der Waals surface area contributed by atoms with Crippen molar-refractivity contribution >= 4 is 51.6 Å². The van der Waals surface area contributed by atoms with Crippen molar-refractivity contribution < 1.29 is 4.79 Å². The highest BCUT2D eigenvalue weighted by atomic mass is 127. The zero-order chi connectivity index (χ0) is 13.8. The standard InChI is InChI=1S/C14H12ClIN2O/c1-9-3-2-4-12(15)13(9)18-14(19)17-11-7-5-10(16)6-8-11/h2-8H,1H3,(H2,17,18,19). The maximum atomic E-state index is 11.9. The molecule has 98 valence electrons. The minimum atomic E-state index is -0.308. The van der Waals surface area contributed by atoms with E-state index in [0.29, 0.717) is 10.7 Å². The molecule has 3 nitrogen and oxygen atoms in total. The SMILES string of the molecule is Cc1cccc(Cl)c1NC(=O)Nc1ccc(I)cc1. The Morgan fingerprint density at radius 3 is 2.42 bits per heavy atom. The number of hydrogen-bond donors (Lipinski definition) is 2. The van der Waals surface area contributed by atoms with Gasteiger partial charge in [0.1, 0.15) is 0 Å². The maximum Gasteiger partial charge on any atom is 0.323 e. The molecular formula is C14H12ClIN2O. The average Bonchev–Trinajstić information content (AvgIpc) is 2.37. The van der Waals surface area contributed by atoms with Gasteiger partial charge in [0.15, 0.2) is 0 Å². The number of anilines is 2. The molecule has 2 aromatic rings. The number of halogens is 2. The molecule has 0 spiro atoms. The molecule has 0 aliphatic carbocycles. The quantitative estimate of drug-likeness (QED) is 0.708. The normalized spacial score (nSPS) is 10.1. The zero-order valence-electron chi connectivity index (χ0n) is 10.2. The summed E-state index contributed by atoms with van der Waals surface area (Å²) in [6.07, 6.45) is 0. The lowest BCUT2D eigenvalue weighted by Gasteiger charge is -2.11. The highest BCUT2D eigenvalue weighted by molar-refractivity contribution is 14.1. The van der Waals surface area contributed by atoms with Crippen molar-refractivity contribution in [2.24, 2.45) is 0 Å². The number of carbonyl (C=O) groups excluding carboxylic acids is 1. The van der Waals surface area contributed by atoms with E-state index in [1.54, 1.807) is 6.07 Å². The monoisotopic (exact) mass is 386 g/mol. The molecule has 2 rings (SSSR count). The maximum absolute atomic E-state index is 11.9. The smallest absolute Gasteiger partial charge is 0.308 e. The Morgan fingerprint density at radius 1 is 1.11 bits per heavy atom. The first-order valence-electron chi connectivity index (χ1n) is 5.65. The minimum absolute atomic E-state index is 0.308. The van der Waals surface area contributed by atoms with Crippen LogP contribution in [0.4, 0.5) is 16.2 Å². The number of amides is 2. The van der Waals surface area contributed by atoms with Gasteiger partial charge < -0.3 is 10.6 Å². The van der Waals surface area contributed by atoms with Crippen molar-refractivity contribution in [1.82, 2.24) is 0 Å². The van der Waals surface area contributed by atoms with Crippen LogP contribution < -0.4 is 10.6 Å². The number of nitrogens with one attached hydrogen (secondary N) is 2. The average molecular weight is 387 g/mol. The molecule has 0 radical (unpaired) electrons. The second-order valence-corrected chi connectivity index (χ2v) is 5.67. The molecule has 0 fully saturated rings. The number of benzene rings is 2. The third kappa shape index (κ3) is 3.84. The summed E-state index contributed by atoms with van der Waals surface area (Å²) in [4.78, 5) is 11.9. The summed E-state index contributed by atoms with van der Waals surface area (Å²) in [6, 6.07) is 12.7. The van der Waals surface area contributed by atoms with Gasteiger partial charge in [-0.3, -0.25) is 0 Å². The van der Waals surface area contributed by atoms with Gasteiger partial charge in [-0.05, 0) is 65.4 Å². The predicted molar refractivity (Wildman–Crippen MR) is 88.0 cm³/mol. The van der Waals surface area contributed by atoms with Crippen molar-refractivity contribution in [2.75, 3.05) is 10.6 Å². The number of aryl methyl sites for hydroxylation is 1. The molecule has 0 aromatic heterocycles. The number of para-hydroxylation sites is 1. The van der Waals surface area contributed by atoms with Crippen LogP contribution in [0.25, 0.3) is 0 Å². The van der Waals surface area contributed by atoms with Crippen molar-refractivity contribution in [2.45, 2.75) is 6.92 Å². The minimum Gasteiger partial charge on any atom is -0.308 e. The summed E-state index contributed by atoms with van der Waals surface area (Å²) in [6.45, 7) is 1.90. The van der Waals surface area contributed by atoms with Crippen molar-refractivity contribution in [3.05, 3.63) is 56.6 Å². The van der Waals surface area contributed by atoms with E-state index in [0.717, 1.165) is 14.8 Å². The molecule has 0 saturated carbocycles. The van der Waals surface area contributed by atoms with Crippen LogP contribution >= 0.6 is 34.2 Å². The van der Waals surface area contributed by atoms with E-state index in [-0.39, 0.29) is 6.03 Å². The second kappa shape index (κ2) is 6.25. The molecular weight excluding hydrogens is 375 g/mol. The van der Waals surface area contributed by atoms with Crippen LogP contribution in [-0.4, -0.2) is 6.03 Å². The molecule has 0 atom stereocenters. The van der Waals surface area contributed by atoms with Crippen molar-refractivity contribution in [3.8, 4) is 0 Å². The van der Waals surface area contributed by atoms with E-state index < -0.39 is 0 Å². The first-order valence-corrected chi connectivity index (χ1v) is 7.10. The summed E-state index contributed by atoms with van der Waals surface area (Å²) in [5, 5.41) is 6.04. The van der Waals surface area contributed by atoms with Crippen LogP contribution in [0.5, 0.6) is 0 Å². The predicted octanol–water partition coefficient (Wildman–Crippen LogP) is 4.90. The van der Waals surface area contributed by atoms with Crippen molar-refractivity contribution in [1.29, 1.82) is 0 Å². The summed E-state index contributed by atoms with van der Waals surface area (Å²) in [5.74, 6) is 0. The molecule has 0 aliphatic rings. The highest BCUT2D eigenvalue weighted by Crippen LogP contribution is 2.25. The van der Waals surface area contributed by atoms with Crippen LogP contribution in [0.2, 0.25) is 5.02 Å². The summed E-state index contributed by atoms with van der Waals surface area (Å²) < 4.78 is 1.12. The van der Waals surface area contributed by atoms with Gasteiger partial charge in [-0.2, -0.15) is 0 Å². The van der Waals surface area contributed by atoms with Crippen LogP contribution in [0.1, 0.15) is 5.56 Å². The van der Waals surface area contributed by atoms with Gasteiger partial charge in [0.25, 0.3) is 0 Å². The molecule has 2 N–H and O–H groups in total. The Balaban J connectivity index is 2.07. The lowest BCUT2D eigenvalue weighted by molar-refractivity contribution is 0.262. The first kappa shape index (κ1) is 14.1. The third-order valence-electron chi connectivity index (χ3n) is 2.56. The Kier molecular flexibility index (Phi) is 4.66. The fourth-order valence-electron chi connectivity index (χ4n) is 1.60. The molecule has 0 heterocycles. The van der Waals surface area contributed by atoms with E-state index in [1.165, 1.54) is 0 Å². The molecule has 0 saturated heterocycles. The largest absolute Gasteiger partial charge is 0.323 e. The van der Waals surface area contributed by atoms with Crippen LogP contribution in [0, 0.1) is 10.5 Å². The third-order valence-corrected chi connectivity index (χ3v) is 3.60. The molecule has 2 amide bonds. The summed E-state index contributed by atoms with van der Waals surface area (Å²) in [5.41, 5.74) is 2.29. The Labute approximate surface area is 130 Å². The van der Waals surface area contributed by atoms with Gasteiger partial charge in [-0.25, -0.2) is 4.79 Å². The Bertz CT molecular complexity index is 579. The molecule has 0 aliphatic heterocycles. The van der Waals surface area contributed by atoms with Crippen molar-refractivity contribution in [3.63, 3.8) is 0 Å². The highest BCUT2D eigenvalue weighted by Gasteiger charge is 2.08. The first-order chi connectivity index (χ1) is 9.06. The number of carbonyl (C=O) groups is 1. The lowest BCUT2D eigenvalue weighted by atomic mass is 10.2. The molecule has 0 bridgehead atoms. The molecule has 5 heteroatoms. The van der Waals surface area contributed by atoms with Gasteiger partial charge >= 0.3 is 6.03 Å². The van der Waals surface area contributed by atoms with Gasteiger partial charge in [0, 0.05) is 9.26 Å². The number of rotatable bonds is 2. The molecule has 0 unspecified atom stereocenters. The second-order valence-electron chi connectivity index (χ2n) is 4.02. The van der Waals surface area contributed by atoms with E-state index in [1.807, 2.05) is 43.3 Å². The van der Waals surface area contributed by atoms with E-state index in [9.17, 15) is 4.79 Å². The van der Waals surface area contributed by atoms with Gasteiger partial charge in [-0.1, -0.05) is 23.7 Å². The molecule has 2 aromatic carbocycles. The number of hydrogen-bond acceptors (Lipinski definition) is 1. The van der Waals surface area contributed by atoms with Crippen LogP contribution in [0.3, 0.4) is 0 Å². The fraction of sp³-hybridized carbons (Fsp3) is 0.0714. The van der Waals surface area contributed by atoms with E-state index in [4.69, 9.17) is 11.6 Å². The van der Waals surface area contributed by atoms with E-state index in [2.05, 4.69) is 33.2 Å². The topological polar surface area (TPSA) is 41.1 Å². The fourth-order valence-corrected chi connectivity index (χ4v) is 2.23. The zero-order valence-corrected chi connectivity index (χ0v) is 13.1. The van der Waals surface area contributed by atoms with E-state index >= 15 is 0 Å². The van der Waals surface area contributed by atoms with Gasteiger partial charge in [0.05, 0.1) is 10.7 Å². The van der Waals surface area contributed by atoms with Gasteiger partial charge in [0.2, 0.25) is 0 Å². The van der Waals surface area contributed by atoms with Gasteiger partial charge in [-0.15, -0.1) is 0 Å². The molecule has 19 heavy (non-hydrogen) atoms. The lowest BCUT2D eigenvalue weighted by Crippen LogP contribution is -2.20.